The number of nitrogens with one attached hydrogen (secondary N) is 1. The van der Waals surface area contributed by atoms with E-state index in [1.807, 2.05) is 10.2 Å². The van der Waals surface area contributed by atoms with Crippen LogP contribution in [0.2, 0.25) is 0 Å². The third kappa shape index (κ3) is 4.33. The molecule has 1 atom stereocenters. The predicted molar refractivity (Wildman–Crippen MR) is 63.7 cm³/mol. The fraction of sp³-hybridized carbons (Fsp3) is 0.727. The Bertz CT molecular complexity index is 337. The molecule has 7 nitrogen and oxygen atoms in total. The number of aliphatic carboxylic acids is 1. The molecule has 7 heteroatoms. The van der Waals surface area contributed by atoms with Crippen molar-refractivity contribution in [1.82, 2.24) is 10.2 Å². The maximum atomic E-state index is 11.6. The summed E-state index contributed by atoms with van der Waals surface area (Å²) in [5.74, 6) is -1.03. The van der Waals surface area contributed by atoms with E-state index in [0.717, 1.165) is 12.8 Å². The lowest BCUT2D eigenvalue weighted by molar-refractivity contribution is -0.138. The minimum Gasteiger partial charge on any atom is -0.481 e. The van der Waals surface area contributed by atoms with Gasteiger partial charge in [0.1, 0.15) is 0 Å². The molecule has 0 radical (unpaired) electrons. The number of piperidine rings is 1. The maximum Gasteiger partial charge on any atom is 0.318 e. The summed E-state index contributed by atoms with van der Waals surface area (Å²) >= 11 is 0. The van der Waals surface area contributed by atoms with Crippen LogP contribution < -0.4 is 11.1 Å². The van der Waals surface area contributed by atoms with Crippen molar-refractivity contribution in [3.8, 4) is 0 Å². The molecule has 0 bridgehead atoms. The zero-order chi connectivity index (χ0) is 13.7. The van der Waals surface area contributed by atoms with Crippen molar-refractivity contribution in [2.45, 2.75) is 32.2 Å². The fourth-order valence-corrected chi connectivity index (χ4v) is 2.18. The molecule has 1 aliphatic rings. The summed E-state index contributed by atoms with van der Waals surface area (Å²) in [7, 11) is 0. The standard InChI is InChI=1S/C11H19N3O4/c1-7(10(17)13-11(12)18)14-4-2-8(3-5-14)6-9(15)16/h7-8H,2-6H2,1H3,(H,15,16)(H3,12,13,17,18). The van der Waals surface area contributed by atoms with Gasteiger partial charge < -0.3 is 10.8 Å². The van der Waals surface area contributed by atoms with Crippen LogP contribution >= 0.6 is 0 Å². The molecule has 4 N–H and O–H groups in total. The molecule has 3 amide bonds. The van der Waals surface area contributed by atoms with Crippen LogP contribution in [-0.2, 0) is 9.59 Å². The van der Waals surface area contributed by atoms with Crippen molar-refractivity contribution in [2.24, 2.45) is 11.7 Å². The van der Waals surface area contributed by atoms with Crippen LogP contribution in [0.4, 0.5) is 4.79 Å². The number of amides is 3. The summed E-state index contributed by atoms with van der Waals surface area (Å²) in [6, 6.07) is -1.28. The number of nitrogens with two attached hydrogens (primary N) is 1. The first-order valence-corrected chi connectivity index (χ1v) is 5.96. The van der Waals surface area contributed by atoms with E-state index in [2.05, 4.69) is 0 Å². The van der Waals surface area contributed by atoms with Crippen LogP contribution in [-0.4, -0.2) is 47.0 Å². The van der Waals surface area contributed by atoms with Crippen molar-refractivity contribution in [3.05, 3.63) is 0 Å². The third-order valence-electron chi connectivity index (χ3n) is 3.29. The number of hydrogen-bond acceptors (Lipinski definition) is 4. The minimum atomic E-state index is -0.854. The van der Waals surface area contributed by atoms with E-state index in [-0.39, 0.29) is 12.3 Å². The van der Waals surface area contributed by atoms with Gasteiger partial charge in [0.05, 0.1) is 6.04 Å². The van der Waals surface area contributed by atoms with Gasteiger partial charge >= 0.3 is 12.0 Å². The Morgan fingerprint density at radius 3 is 2.39 bits per heavy atom. The van der Waals surface area contributed by atoms with E-state index in [1.165, 1.54) is 0 Å². The van der Waals surface area contributed by atoms with Crippen molar-refractivity contribution < 1.29 is 19.5 Å². The predicted octanol–water partition coefficient (Wildman–Crippen LogP) is -0.243. The molecule has 18 heavy (non-hydrogen) atoms. The number of carbonyl (C=O) groups is 3. The van der Waals surface area contributed by atoms with Gasteiger partial charge in [-0.25, -0.2) is 4.79 Å². The smallest absolute Gasteiger partial charge is 0.318 e. The highest BCUT2D eigenvalue weighted by Gasteiger charge is 2.27. The van der Waals surface area contributed by atoms with Gasteiger partial charge in [-0.05, 0) is 38.8 Å². The van der Waals surface area contributed by atoms with Gasteiger partial charge in [0.2, 0.25) is 5.91 Å². The number of imide groups is 1. The molecule has 0 aliphatic carbocycles. The highest BCUT2D eigenvalue weighted by Crippen LogP contribution is 2.21. The highest BCUT2D eigenvalue weighted by atomic mass is 16.4. The molecule has 0 aromatic heterocycles. The highest BCUT2D eigenvalue weighted by molar-refractivity contribution is 5.96. The molecule has 0 aromatic carbocycles. The van der Waals surface area contributed by atoms with Crippen LogP contribution in [0.1, 0.15) is 26.2 Å². The van der Waals surface area contributed by atoms with E-state index in [4.69, 9.17) is 10.8 Å². The van der Waals surface area contributed by atoms with Crippen molar-refractivity contribution in [1.29, 1.82) is 0 Å². The SMILES string of the molecule is CC(C(=O)NC(N)=O)N1CCC(CC(=O)O)CC1. The van der Waals surface area contributed by atoms with Crippen LogP contribution in [0.15, 0.2) is 0 Å². The number of urea groups is 1. The number of hydrogen-bond donors (Lipinski definition) is 3. The number of carboxylic acid groups (broad SMARTS) is 1. The lowest BCUT2D eigenvalue weighted by atomic mass is 9.93. The van der Waals surface area contributed by atoms with E-state index < -0.39 is 23.9 Å². The van der Waals surface area contributed by atoms with Gasteiger partial charge in [-0.2, -0.15) is 0 Å². The van der Waals surface area contributed by atoms with Gasteiger partial charge in [0.15, 0.2) is 0 Å². The largest absolute Gasteiger partial charge is 0.481 e. The van der Waals surface area contributed by atoms with Crippen LogP contribution in [0.5, 0.6) is 0 Å². The third-order valence-corrected chi connectivity index (χ3v) is 3.29. The monoisotopic (exact) mass is 257 g/mol. The van der Waals surface area contributed by atoms with E-state index >= 15 is 0 Å². The Kier molecular flexibility index (Phi) is 5.08. The summed E-state index contributed by atoms with van der Waals surface area (Å²) in [5, 5.41) is 10.7. The molecule has 1 aliphatic heterocycles. The first kappa shape index (κ1) is 14.4. The normalized spacial score (nSPS) is 19.2. The van der Waals surface area contributed by atoms with Gasteiger partial charge in [0.25, 0.3) is 0 Å². The van der Waals surface area contributed by atoms with Crippen molar-refractivity contribution in [3.63, 3.8) is 0 Å². The molecule has 1 heterocycles. The van der Waals surface area contributed by atoms with E-state index in [1.54, 1.807) is 6.92 Å². The Morgan fingerprint density at radius 1 is 1.39 bits per heavy atom. The summed E-state index contributed by atoms with van der Waals surface area (Å²) in [4.78, 5) is 34.7. The second-order valence-corrected chi connectivity index (χ2v) is 4.61. The summed E-state index contributed by atoms with van der Waals surface area (Å²) in [6.07, 6.45) is 1.68. The minimum absolute atomic E-state index is 0.171. The average molecular weight is 257 g/mol. The van der Waals surface area contributed by atoms with Crippen LogP contribution in [0, 0.1) is 5.92 Å². The molecular formula is C11H19N3O4. The summed E-state index contributed by atoms with van der Waals surface area (Å²) in [5.41, 5.74) is 4.88. The number of likely N-dealkylation sites (tertiary alicyclic amines) is 1. The second-order valence-electron chi connectivity index (χ2n) is 4.61. The number of carbonyl (C=O) groups excluding carboxylic acids is 2. The average Bonchev–Trinajstić information content (AvgIpc) is 2.27. The van der Waals surface area contributed by atoms with E-state index in [9.17, 15) is 14.4 Å². The lowest BCUT2D eigenvalue weighted by Crippen LogP contribution is -2.50. The Balaban J connectivity index is 2.40. The number of nitrogens with zero attached hydrogens (tertiary/aromatic N) is 1. The summed E-state index contributed by atoms with van der Waals surface area (Å²) in [6.45, 7) is 3.02. The zero-order valence-corrected chi connectivity index (χ0v) is 10.4. The van der Waals surface area contributed by atoms with E-state index in [0.29, 0.717) is 13.1 Å². The molecule has 1 rings (SSSR count). The molecule has 1 unspecified atom stereocenters. The zero-order valence-electron chi connectivity index (χ0n) is 10.4. The maximum absolute atomic E-state index is 11.6. The molecular weight excluding hydrogens is 238 g/mol. The van der Waals surface area contributed by atoms with Gasteiger partial charge in [-0.15, -0.1) is 0 Å². The van der Waals surface area contributed by atoms with Crippen LogP contribution in [0.3, 0.4) is 0 Å². The number of carboxylic acids is 1. The Labute approximate surface area is 105 Å². The fourth-order valence-electron chi connectivity index (χ4n) is 2.18. The van der Waals surface area contributed by atoms with Gasteiger partial charge in [0, 0.05) is 6.42 Å². The molecule has 0 spiro atoms. The van der Waals surface area contributed by atoms with Gasteiger partial charge in [-0.3, -0.25) is 19.8 Å². The molecule has 0 saturated carbocycles. The number of primary amides is 1. The van der Waals surface area contributed by atoms with Crippen molar-refractivity contribution >= 4 is 17.9 Å². The van der Waals surface area contributed by atoms with Crippen LogP contribution in [0.25, 0.3) is 0 Å². The topological polar surface area (TPSA) is 113 Å². The first-order chi connectivity index (χ1) is 8.40. The number of rotatable bonds is 4. The quantitative estimate of drug-likeness (QED) is 0.643. The Hall–Kier alpha value is -1.63. The Morgan fingerprint density at radius 2 is 1.94 bits per heavy atom. The molecule has 1 fully saturated rings. The second kappa shape index (κ2) is 6.34. The summed E-state index contributed by atoms with van der Waals surface area (Å²) < 4.78 is 0. The van der Waals surface area contributed by atoms with Gasteiger partial charge in [-0.1, -0.05) is 0 Å². The first-order valence-electron chi connectivity index (χ1n) is 5.96. The molecule has 102 valence electrons. The van der Waals surface area contributed by atoms with Crippen molar-refractivity contribution in [2.75, 3.05) is 13.1 Å². The molecule has 1 saturated heterocycles. The lowest BCUT2D eigenvalue weighted by Gasteiger charge is -2.34. The molecule has 0 aromatic rings.